The highest BCUT2D eigenvalue weighted by Gasteiger charge is 2.46. The fourth-order valence-electron chi connectivity index (χ4n) is 3.96. The summed E-state index contributed by atoms with van der Waals surface area (Å²) < 4.78 is 49.4. The van der Waals surface area contributed by atoms with Crippen molar-refractivity contribution in [1.82, 2.24) is 4.90 Å². The van der Waals surface area contributed by atoms with E-state index < -0.39 is 40.7 Å². The molecule has 1 aromatic rings. The van der Waals surface area contributed by atoms with Crippen LogP contribution in [0.1, 0.15) is 64.0 Å². The second kappa shape index (κ2) is 9.80. The number of benzene rings is 1. The zero-order valence-corrected chi connectivity index (χ0v) is 18.8. The number of piperidine rings is 1. The molecule has 1 saturated heterocycles. The fraction of sp³-hybridized carbons (Fsp3) is 0.609. The molecule has 2 rings (SSSR count). The molecule has 0 saturated carbocycles. The van der Waals surface area contributed by atoms with Gasteiger partial charge in [-0.05, 0) is 58.2 Å². The standard InChI is InChI=1S/C23H29F3N2O4/c1-5-31-19(29)14-22(10-12-28(13-11-22)20(30)32-21(2,3)4)18(15-27)16-6-8-17(9-7-16)23(24,25)26/h6-9,18H,5,10-14H2,1-4H3. The van der Waals surface area contributed by atoms with Gasteiger partial charge in [-0.25, -0.2) is 4.79 Å². The van der Waals surface area contributed by atoms with Gasteiger partial charge in [-0.3, -0.25) is 4.79 Å². The molecule has 0 spiro atoms. The van der Waals surface area contributed by atoms with Crippen molar-refractivity contribution in [3.8, 4) is 6.07 Å². The molecule has 0 aromatic heterocycles. The molecule has 176 valence electrons. The number of halogens is 3. The van der Waals surface area contributed by atoms with Gasteiger partial charge in [0.05, 0.1) is 30.6 Å². The summed E-state index contributed by atoms with van der Waals surface area (Å²) in [7, 11) is 0. The first-order valence-corrected chi connectivity index (χ1v) is 10.5. The second-order valence-electron chi connectivity index (χ2n) is 8.99. The third-order valence-corrected chi connectivity index (χ3v) is 5.53. The van der Waals surface area contributed by atoms with Crippen molar-refractivity contribution in [2.75, 3.05) is 19.7 Å². The van der Waals surface area contributed by atoms with Crippen molar-refractivity contribution in [2.45, 2.75) is 64.7 Å². The van der Waals surface area contributed by atoms with Gasteiger partial charge in [-0.2, -0.15) is 18.4 Å². The third-order valence-electron chi connectivity index (χ3n) is 5.53. The normalized spacial score (nSPS) is 17.2. The van der Waals surface area contributed by atoms with Gasteiger partial charge in [0.1, 0.15) is 5.60 Å². The Hall–Kier alpha value is -2.76. The molecule has 0 N–H and O–H groups in total. The van der Waals surface area contributed by atoms with E-state index in [1.807, 2.05) is 0 Å². The first kappa shape index (κ1) is 25.5. The number of carbonyl (C=O) groups is 2. The summed E-state index contributed by atoms with van der Waals surface area (Å²) in [6.07, 6.45) is -4.41. The van der Waals surface area contributed by atoms with Crippen molar-refractivity contribution >= 4 is 12.1 Å². The highest BCUT2D eigenvalue weighted by Crippen LogP contribution is 2.48. The van der Waals surface area contributed by atoms with Gasteiger partial charge in [-0.1, -0.05) is 12.1 Å². The van der Waals surface area contributed by atoms with Crippen LogP contribution in [0.25, 0.3) is 0 Å². The van der Waals surface area contributed by atoms with Crippen molar-refractivity contribution in [1.29, 1.82) is 5.26 Å². The van der Waals surface area contributed by atoms with E-state index in [2.05, 4.69) is 6.07 Å². The molecule has 1 amide bonds. The van der Waals surface area contributed by atoms with Crippen LogP contribution in [0.3, 0.4) is 0 Å². The Bertz CT molecular complexity index is 846. The average molecular weight is 454 g/mol. The Labute approximate surface area is 186 Å². The molecule has 1 unspecified atom stereocenters. The number of ether oxygens (including phenoxy) is 2. The van der Waals surface area contributed by atoms with Gasteiger partial charge in [0.15, 0.2) is 0 Å². The van der Waals surface area contributed by atoms with Gasteiger partial charge in [0, 0.05) is 18.5 Å². The monoisotopic (exact) mass is 454 g/mol. The predicted octanol–water partition coefficient (Wildman–Crippen LogP) is 5.28. The van der Waals surface area contributed by atoms with Gasteiger partial charge in [-0.15, -0.1) is 0 Å². The van der Waals surface area contributed by atoms with Crippen LogP contribution in [0.15, 0.2) is 24.3 Å². The van der Waals surface area contributed by atoms with Crippen molar-refractivity contribution in [3.63, 3.8) is 0 Å². The maximum absolute atomic E-state index is 13.0. The Morgan fingerprint density at radius 1 is 1.16 bits per heavy atom. The zero-order valence-electron chi connectivity index (χ0n) is 18.8. The summed E-state index contributed by atoms with van der Waals surface area (Å²) in [5.74, 6) is -1.32. The van der Waals surface area contributed by atoms with Crippen LogP contribution >= 0.6 is 0 Å². The molecule has 1 atom stereocenters. The van der Waals surface area contributed by atoms with Crippen LogP contribution in [0.2, 0.25) is 0 Å². The molecule has 0 radical (unpaired) electrons. The minimum atomic E-state index is -4.48. The number of nitrogens with zero attached hydrogens (tertiary/aromatic N) is 2. The number of amides is 1. The van der Waals surface area contributed by atoms with E-state index in [0.717, 1.165) is 12.1 Å². The number of hydrogen-bond donors (Lipinski definition) is 0. The lowest BCUT2D eigenvalue weighted by Gasteiger charge is -2.44. The number of hydrogen-bond acceptors (Lipinski definition) is 5. The quantitative estimate of drug-likeness (QED) is 0.566. The van der Waals surface area contributed by atoms with Gasteiger partial charge >= 0.3 is 18.2 Å². The molecule has 1 aromatic carbocycles. The minimum Gasteiger partial charge on any atom is -0.466 e. The summed E-state index contributed by atoms with van der Waals surface area (Å²) in [5.41, 5.74) is -1.95. The van der Waals surface area contributed by atoms with E-state index in [-0.39, 0.29) is 26.1 Å². The average Bonchev–Trinajstić information content (AvgIpc) is 2.67. The molecule has 0 bridgehead atoms. The summed E-state index contributed by atoms with van der Waals surface area (Å²) in [4.78, 5) is 26.3. The lowest BCUT2D eigenvalue weighted by molar-refractivity contribution is -0.147. The van der Waals surface area contributed by atoms with Gasteiger partial charge < -0.3 is 14.4 Å². The van der Waals surface area contributed by atoms with Crippen LogP contribution in [0.5, 0.6) is 0 Å². The molecule has 1 fully saturated rings. The van der Waals surface area contributed by atoms with Crippen LogP contribution in [0.4, 0.5) is 18.0 Å². The summed E-state index contributed by atoms with van der Waals surface area (Å²) in [5, 5.41) is 9.97. The topological polar surface area (TPSA) is 79.6 Å². The number of esters is 1. The van der Waals surface area contributed by atoms with E-state index in [4.69, 9.17) is 9.47 Å². The molecule has 6 nitrogen and oxygen atoms in total. The van der Waals surface area contributed by atoms with Crippen molar-refractivity contribution in [2.24, 2.45) is 5.41 Å². The van der Waals surface area contributed by atoms with Crippen LogP contribution in [0, 0.1) is 16.7 Å². The molecular formula is C23H29F3N2O4. The highest BCUT2D eigenvalue weighted by atomic mass is 19.4. The van der Waals surface area contributed by atoms with Gasteiger partial charge in [0.2, 0.25) is 0 Å². The van der Waals surface area contributed by atoms with Gasteiger partial charge in [0.25, 0.3) is 0 Å². The highest BCUT2D eigenvalue weighted by molar-refractivity contribution is 5.71. The summed E-state index contributed by atoms with van der Waals surface area (Å²) in [6.45, 7) is 7.65. The number of rotatable bonds is 5. The second-order valence-corrected chi connectivity index (χ2v) is 8.99. The van der Waals surface area contributed by atoms with E-state index in [9.17, 15) is 28.0 Å². The largest absolute Gasteiger partial charge is 0.466 e. The number of alkyl halides is 3. The van der Waals surface area contributed by atoms with Crippen LogP contribution < -0.4 is 0 Å². The smallest absolute Gasteiger partial charge is 0.416 e. The molecule has 1 heterocycles. The molecule has 1 aliphatic rings. The number of nitriles is 1. The number of carbonyl (C=O) groups excluding carboxylic acids is 2. The van der Waals surface area contributed by atoms with E-state index in [0.29, 0.717) is 18.4 Å². The van der Waals surface area contributed by atoms with E-state index in [1.165, 1.54) is 17.0 Å². The zero-order chi connectivity index (χ0) is 24.2. The minimum absolute atomic E-state index is 0.0672. The summed E-state index contributed by atoms with van der Waals surface area (Å²) in [6, 6.07) is 6.63. The Kier molecular flexibility index (Phi) is 7.81. The predicted molar refractivity (Wildman–Crippen MR) is 111 cm³/mol. The van der Waals surface area contributed by atoms with E-state index in [1.54, 1.807) is 27.7 Å². The van der Waals surface area contributed by atoms with Crippen LogP contribution in [-0.2, 0) is 20.4 Å². The maximum Gasteiger partial charge on any atom is 0.416 e. The fourth-order valence-corrected chi connectivity index (χ4v) is 3.96. The first-order valence-electron chi connectivity index (χ1n) is 10.5. The Morgan fingerprint density at radius 3 is 2.16 bits per heavy atom. The third kappa shape index (κ3) is 6.38. The molecule has 1 aliphatic heterocycles. The Balaban J connectivity index is 2.31. The Morgan fingerprint density at radius 2 is 1.72 bits per heavy atom. The lowest BCUT2D eigenvalue weighted by atomic mass is 9.64. The lowest BCUT2D eigenvalue weighted by Crippen LogP contribution is -2.47. The maximum atomic E-state index is 13.0. The SMILES string of the molecule is CCOC(=O)CC1(C(C#N)c2ccc(C(F)(F)F)cc2)CCN(C(=O)OC(C)(C)C)CC1. The van der Waals surface area contributed by atoms with Crippen molar-refractivity contribution < 1.29 is 32.2 Å². The first-order chi connectivity index (χ1) is 14.8. The van der Waals surface area contributed by atoms with Crippen molar-refractivity contribution in [3.05, 3.63) is 35.4 Å². The molecule has 9 heteroatoms. The molecule has 0 aliphatic carbocycles. The molecule has 32 heavy (non-hydrogen) atoms. The number of likely N-dealkylation sites (tertiary alicyclic amines) is 1. The van der Waals surface area contributed by atoms with Crippen LogP contribution in [-0.4, -0.2) is 42.3 Å². The molecular weight excluding hydrogens is 425 g/mol. The van der Waals surface area contributed by atoms with E-state index >= 15 is 0 Å². The summed E-state index contributed by atoms with van der Waals surface area (Å²) >= 11 is 0.